The molecular formula is C16H25BrN2. The molecule has 1 aliphatic heterocycles. The smallest absolute Gasteiger partial charge is 0.0499 e. The second kappa shape index (κ2) is 6.38. The molecule has 106 valence electrons. The molecule has 0 spiro atoms. The molecule has 0 saturated carbocycles. The molecule has 4 unspecified atom stereocenters. The van der Waals surface area contributed by atoms with Crippen LogP contribution in [-0.2, 0) is 0 Å². The first-order valence-corrected chi connectivity index (χ1v) is 8.05. The summed E-state index contributed by atoms with van der Waals surface area (Å²) in [6, 6.07) is 9.65. The van der Waals surface area contributed by atoms with Crippen molar-refractivity contribution in [2.24, 2.45) is 11.7 Å². The molecule has 3 heteroatoms. The van der Waals surface area contributed by atoms with E-state index >= 15 is 0 Å². The van der Waals surface area contributed by atoms with E-state index < -0.39 is 0 Å². The summed E-state index contributed by atoms with van der Waals surface area (Å²) in [5.74, 6) is 0.836. The van der Waals surface area contributed by atoms with E-state index in [4.69, 9.17) is 5.73 Å². The normalized spacial score (nSPS) is 28.1. The fraction of sp³-hybridized carbons (Fsp3) is 0.625. The van der Waals surface area contributed by atoms with Crippen molar-refractivity contribution in [2.45, 2.75) is 51.7 Å². The third-order valence-electron chi connectivity index (χ3n) is 4.24. The summed E-state index contributed by atoms with van der Waals surface area (Å²) in [5, 5.41) is 0. The van der Waals surface area contributed by atoms with E-state index in [1.807, 2.05) is 0 Å². The molecule has 1 heterocycles. The van der Waals surface area contributed by atoms with E-state index in [-0.39, 0.29) is 6.04 Å². The van der Waals surface area contributed by atoms with Crippen LogP contribution in [0.3, 0.4) is 0 Å². The Balaban J connectivity index is 2.25. The number of benzene rings is 1. The Morgan fingerprint density at radius 2 is 2.11 bits per heavy atom. The zero-order chi connectivity index (χ0) is 14.0. The van der Waals surface area contributed by atoms with Gasteiger partial charge in [-0.25, -0.2) is 0 Å². The van der Waals surface area contributed by atoms with Gasteiger partial charge >= 0.3 is 0 Å². The summed E-state index contributed by atoms with van der Waals surface area (Å²) >= 11 is 3.57. The quantitative estimate of drug-likeness (QED) is 0.911. The monoisotopic (exact) mass is 324 g/mol. The maximum absolute atomic E-state index is 6.29. The number of hydrogen-bond donors (Lipinski definition) is 1. The maximum atomic E-state index is 6.29. The lowest BCUT2D eigenvalue weighted by Crippen LogP contribution is -2.47. The van der Waals surface area contributed by atoms with Gasteiger partial charge < -0.3 is 5.73 Å². The van der Waals surface area contributed by atoms with E-state index in [0.29, 0.717) is 12.1 Å². The number of likely N-dealkylation sites (tertiary alicyclic amines) is 1. The molecule has 1 saturated heterocycles. The zero-order valence-corrected chi connectivity index (χ0v) is 13.7. The number of hydrogen-bond acceptors (Lipinski definition) is 2. The van der Waals surface area contributed by atoms with Gasteiger partial charge in [0.05, 0.1) is 0 Å². The number of halogens is 1. The van der Waals surface area contributed by atoms with Crippen molar-refractivity contribution < 1.29 is 0 Å². The summed E-state index contributed by atoms with van der Waals surface area (Å²) < 4.78 is 1.13. The van der Waals surface area contributed by atoms with Crippen molar-refractivity contribution in [3.8, 4) is 0 Å². The Kier molecular flexibility index (Phi) is 5.04. The molecule has 19 heavy (non-hydrogen) atoms. The van der Waals surface area contributed by atoms with Gasteiger partial charge in [0.2, 0.25) is 0 Å². The topological polar surface area (TPSA) is 29.3 Å². The molecule has 0 bridgehead atoms. The number of nitrogens with two attached hydrogens (primary N) is 1. The number of nitrogens with zero attached hydrogens (tertiary/aromatic N) is 1. The maximum Gasteiger partial charge on any atom is 0.0499 e. The molecule has 2 rings (SSSR count). The Morgan fingerprint density at radius 1 is 1.37 bits per heavy atom. The average Bonchev–Trinajstić information content (AvgIpc) is 2.32. The predicted molar refractivity (Wildman–Crippen MR) is 85.1 cm³/mol. The van der Waals surface area contributed by atoms with Crippen molar-refractivity contribution in [3.63, 3.8) is 0 Å². The van der Waals surface area contributed by atoms with E-state index in [9.17, 15) is 0 Å². The van der Waals surface area contributed by atoms with Crippen LogP contribution in [0.15, 0.2) is 28.7 Å². The van der Waals surface area contributed by atoms with Gasteiger partial charge in [0.15, 0.2) is 0 Å². The highest BCUT2D eigenvalue weighted by Crippen LogP contribution is 2.33. The molecule has 0 aromatic heterocycles. The molecule has 0 radical (unpaired) electrons. The van der Waals surface area contributed by atoms with Gasteiger partial charge in [-0.1, -0.05) is 35.0 Å². The Morgan fingerprint density at radius 3 is 2.68 bits per heavy atom. The highest BCUT2D eigenvalue weighted by molar-refractivity contribution is 9.10. The molecule has 4 atom stereocenters. The second-order valence-electron chi connectivity index (χ2n) is 6.08. The van der Waals surface area contributed by atoms with Gasteiger partial charge in [0.1, 0.15) is 0 Å². The van der Waals surface area contributed by atoms with Gasteiger partial charge in [-0.2, -0.15) is 0 Å². The largest absolute Gasteiger partial charge is 0.326 e. The second-order valence-corrected chi connectivity index (χ2v) is 6.99. The molecule has 2 nitrogen and oxygen atoms in total. The van der Waals surface area contributed by atoms with E-state index in [2.05, 4.69) is 65.9 Å². The van der Waals surface area contributed by atoms with Crippen molar-refractivity contribution in [1.82, 2.24) is 4.90 Å². The minimum Gasteiger partial charge on any atom is -0.326 e. The van der Waals surface area contributed by atoms with Crippen LogP contribution in [0.2, 0.25) is 0 Å². The lowest BCUT2D eigenvalue weighted by atomic mass is 9.89. The summed E-state index contributed by atoms with van der Waals surface area (Å²) in [5.41, 5.74) is 7.61. The van der Waals surface area contributed by atoms with Crippen LogP contribution in [0, 0.1) is 5.92 Å². The van der Waals surface area contributed by atoms with Gasteiger partial charge in [-0.05, 0) is 56.8 Å². The number of rotatable bonds is 3. The molecule has 1 fully saturated rings. The fourth-order valence-electron chi connectivity index (χ4n) is 3.33. The highest BCUT2D eigenvalue weighted by atomic mass is 79.9. The third kappa shape index (κ3) is 3.59. The van der Waals surface area contributed by atoms with Crippen molar-refractivity contribution in [1.29, 1.82) is 0 Å². The summed E-state index contributed by atoms with van der Waals surface area (Å²) in [6.07, 6.45) is 2.55. The van der Waals surface area contributed by atoms with E-state index in [1.165, 1.54) is 18.4 Å². The summed E-state index contributed by atoms with van der Waals surface area (Å²) in [6.45, 7) is 7.97. The van der Waals surface area contributed by atoms with Gasteiger partial charge in [-0.15, -0.1) is 0 Å². The zero-order valence-electron chi connectivity index (χ0n) is 12.1. The van der Waals surface area contributed by atoms with Crippen LogP contribution in [-0.4, -0.2) is 23.5 Å². The van der Waals surface area contributed by atoms with Crippen molar-refractivity contribution in [2.75, 3.05) is 6.54 Å². The van der Waals surface area contributed by atoms with Crippen LogP contribution >= 0.6 is 15.9 Å². The van der Waals surface area contributed by atoms with Crippen LogP contribution in [0.25, 0.3) is 0 Å². The third-order valence-corrected chi connectivity index (χ3v) is 4.73. The highest BCUT2D eigenvalue weighted by Gasteiger charge is 2.31. The first-order valence-electron chi connectivity index (χ1n) is 7.26. The average molecular weight is 325 g/mol. The van der Waals surface area contributed by atoms with Crippen LogP contribution in [0.1, 0.15) is 45.2 Å². The molecule has 0 aliphatic carbocycles. The van der Waals surface area contributed by atoms with Crippen molar-refractivity contribution in [3.05, 3.63) is 34.3 Å². The molecule has 1 aromatic rings. The lowest BCUT2D eigenvalue weighted by molar-refractivity contribution is 0.0708. The van der Waals surface area contributed by atoms with Crippen LogP contribution in [0.4, 0.5) is 0 Å². The van der Waals surface area contributed by atoms with E-state index in [0.717, 1.165) is 16.9 Å². The molecule has 1 aliphatic rings. The Bertz CT molecular complexity index is 419. The minimum absolute atomic E-state index is 0.144. The lowest BCUT2D eigenvalue weighted by Gasteiger charge is -2.43. The molecule has 2 N–H and O–H groups in total. The van der Waals surface area contributed by atoms with Crippen LogP contribution < -0.4 is 5.73 Å². The van der Waals surface area contributed by atoms with Crippen molar-refractivity contribution >= 4 is 15.9 Å². The first kappa shape index (κ1) is 15.0. The van der Waals surface area contributed by atoms with E-state index in [1.54, 1.807) is 0 Å². The molecule has 1 aromatic carbocycles. The minimum atomic E-state index is 0.144. The van der Waals surface area contributed by atoms with Gasteiger partial charge in [0, 0.05) is 22.6 Å². The summed E-state index contributed by atoms with van der Waals surface area (Å²) in [4.78, 5) is 2.59. The summed E-state index contributed by atoms with van der Waals surface area (Å²) in [7, 11) is 0. The SMILES string of the molecule is CC1CCN(C(c2cccc(Br)c2)C(C)N)C(C)C1. The number of piperidine rings is 1. The van der Waals surface area contributed by atoms with Gasteiger partial charge in [-0.3, -0.25) is 4.90 Å². The van der Waals surface area contributed by atoms with Crippen LogP contribution in [0.5, 0.6) is 0 Å². The standard InChI is InChI=1S/C16H25BrN2/c1-11-7-8-19(12(2)9-11)16(13(3)18)14-5-4-6-15(17)10-14/h4-6,10-13,16H,7-9,18H2,1-3H3. The predicted octanol–water partition coefficient (Wildman–Crippen LogP) is 3.96. The Labute approximate surface area is 125 Å². The van der Waals surface area contributed by atoms with Gasteiger partial charge in [0.25, 0.3) is 0 Å². The molecular weight excluding hydrogens is 300 g/mol. The first-order chi connectivity index (χ1) is 8.99. The molecule has 0 amide bonds. The fourth-order valence-corrected chi connectivity index (χ4v) is 3.74. The Hall–Kier alpha value is -0.380.